The fourth-order valence-electron chi connectivity index (χ4n) is 1.45. The number of benzene rings is 1. The van der Waals surface area contributed by atoms with Gasteiger partial charge in [0.05, 0.1) is 11.9 Å². The third-order valence-corrected chi connectivity index (χ3v) is 2.61. The molecule has 0 radical (unpaired) electrons. The van der Waals surface area contributed by atoms with Gasteiger partial charge in [-0.25, -0.2) is 9.48 Å². The smallest absolute Gasteiger partial charge is 0.346 e. The van der Waals surface area contributed by atoms with E-state index in [-0.39, 0.29) is 5.57 Å². The van der Waals surface area contributed by atoms with Crippen LogP contribution >= 0.6 is 11.6 Å². The van der Waals surface area contributed by atoms with E-state index in [0.717, 1.165) is 5.69 Å². The van der Waals surface area contributed by atoms with Crippen molar-refractivity contribution >= 4 is 23.6 Å². The number of hydrogen-bond acceptors (Lipinski definition) is 3. The van der Waals surface area contributed by atoms with Crippen LogP contribution in [0, 0.1) is 11.3 Å². The molecule has 2 aromatic rings. The Morgan fingerprint density at radius 3 is 2.68 bits per heavy atom. The van der Waals surface area contributed by atoms with E-state index in [1.807, 2.05) is 0 Å². The summed E-state index contributed by atoms with van der Waals surface area (Å²) in [7, 11) is 0. The van der Waals surface area contributed by atoms with Crippen molar-refractivity contribution in [3.63, 3.8) is 0 Å². The largest absolute Gasteiger partial charge is 0.477 e. The van der Waals surface area contributed by atoms with Crippen LogP contribution in [0.25, 0.3) is 11.8 Å². The van der Waals surface area contributed by atoms with Gasteiger partial charge in [-0.15, -0.1) is 0 Å². The quantitative estimate of drug-likeness (QED) is 0.688. The zero-order valence-electron chi connectivity index (χ0n) is 9.62. The number of rotatable bonds is 3. The van der Waals surface area contributed by atoms with Crippen LogP contribution in [-0.4, -0.2) is 20.9 Å². The fraction of sp³-hybridized carbons (Fsp3) is 0. The molecule has 0 aliphatic rings. The van der Waals surface area contributed by atoms with E-state index in [1.54, 1.807) is 41.2 Å². The maximum absolute atomic E-state index is 10.7. The number of carbonyl (C=O) groups is 1. The second-order valence-electron chi connectivity index (χ2n) is 3.67. The molecule has 0 atom stereocenters. The molecule has 0 amide bonds. The third-order valence-electron chi connectivity index (χ3n) is 2.36. The van der Waals surface area contributed by atoms with E-state index in [9.17, 15) is 4.79 Å². The lowest BCUT2D eigenvalue weighted by atomic mass is 10.2. The van der Waals surface area contributed by atoms with Gasteiger partial charge in [0, 0.05) is 16.8 Å². The van der Waals surface area contributed by atoms with Crippen molar-refractivity contribution in [3.8, 4) is 11.8 Å². The van der Waals surface area contributed by atoms with Crippen molar-refractivity contribution in [1.29, 1.82) is 5.26 Å². The summed E-state index contributed by atoms with van der Waals surface area (Å²) in [6.07, 6.45) is 4.38. The summed E-state index contributed by atoms with van der Waals surface area (Å²) >= 11 is 5.79. The van der Waals surface area contributed by atoms with Gasteiger partial charge in [-0.1, -0.05) is 11.6 Å². The van der Waals surface area contributed by atoms with Crippen LogP contribution in [0.3, 0.4) is 0 Å². The Labute approximate surface area is 114 Å². The number of hydrogen-bond donors (Lipinski definition) is 1. The number of nitriles is 1. The molecular formula is C13H8ClN3O2. The number of aliphatic carboxylic acids is 1. The first-order valence-corrected chi connectivity index (χ1v) is 5.63. The van der Waals surface area contributed by atoms with Gasteiger partial charge in [-0.05, 0) is 30.3 Å². The molecule has 94 valence electrons. The van der Waals surface area contributed by atoms with Crippen molar-refractivity contribution in [1.82, 2.24) is 9.78 Å². The Morgan fingerprint density at radius 2 is 2.11 bits per heavy atom. The molecule has 0 aliphatic heterocycles. The van der Waals surface area contributed by atoms with Crippen molar-refractivity contribution in [3.05, 3.63) is 52.8 Å². The van der Waals surface area contributed by atoms with Gasteiger partial charge in [0.15, 0.2) is 0 Å². The second kappa shape index (κ2) is 5.38. The highest BCUT2D eigenvalue weighted by molar-refractivity contribution is 6.30. The van der Waals surface area contributed by atoms with Crippen molar-refractivity contribution in [2.45, 2.75) is 0 Å². The molecular weight excluding hydrogens is 266 g/mol. The SMILES string of the molecule is N#CC(=Cc1cnn(-c2ccc(Cl)cc2)c1)C(=O)O. The summed E-state index contributed by atoms with van der Waals surface area (Å²) in [6.45, 7) is 0. The molecule has 0 unspecified atom stereocenters. The Balaban J connectivity index is 2.32. The normalized spacial score (nSPS) is 11.1. The van der Waals surface area contributed by atoms with Crippen molar-refractivity contribution in [2.75, 3.05) is 0 Å². The highest BCUT2D eigenvalue weighted by Crippen LogP contribution is 2.14. The van der Waals surface area contributed by atoms with E-state index < -0.39 is 5.97 Å². The van der Waals surface area contributed by atoms with E-state index in [0.29, 0.717) is 10.6 Å². The average molecular weight is 274 g/mol. The van der Waals surface area contributed by atoms with Gasteiger partial charge < -0.3 is 5.11 Å². The molecule has 1 heterocycles. The van der Waals surface area contributed by atoms with E-state index in [1.165, 1.54) is 12.3 Å². The molecule has 1 aromatic carbocycles. The highest BCUT2D eigenvalue weighted by Gasteiger charge is 2.07. The Hall–Kier alpha value is -2.58. The fourth-order valence-corrected chi connectivity index (χ4v) is 1.58. The molecule has 0 bridgehead atoms. The highest BCUT2D eigenvalue weighted by atomic mass is 35.5. The van der Waals surface area contributed by atoms with Crippen LogP contribution in [0.4, 0.5) is 0 Å². The number of carboxylic acids is 1. The molecule has 0 aliphatic carbocycles. The van der Waals surface area contributed by atoms with Crippen LogP contribution in [0.1, 0.15) is 5.56 Å². The minimum atomic E-state index is -1.26. The number of aromatic nitrogens is 2. The molecule has 5 nitrogen and oxygen atoms in total. The standard InChI is InChI=1S/C13H8ClN3O2/c14-11-1-3-12(4-2-11)17-8-9(7-16-17)5-10(6-15)13(18)19/h1-5,7-8H,(H,18,19). The molecule has 1 aromatic heterocycles. The number of carboxylic acid groups (broad SMARTS) is 1. The lowest BCUT2D eigenvalue weighted by Crippen LogP contribution is -1.97. The predicted octanol–water partition coefficient (Wildman–Crippen LogP) is 2.52. The molecule has 0 spiro atoms. The lowest BCUT2D eigenvalue weighted by Gasteiger charge is -1.99. The van der Waals surface area contributed by atoms with Gasteiger partial charge >= 0.3 is 5.97 Å². The Bertz CT molecular complexity index is 681. The lowest BCUT2D eigenvalue weighted by molar-refractivity contribution is -0.132. The number of nitrogens with zero attached hydrogens (tertiary/aromatic N) is 3. The molecule has 0 saturated heterocycles. The molecule has 2 rings (SSSR count). The Morgan fingerprint density at radius 1 is 1.42 bits per heavy atom. The minimum absolute atomic E-state index is 0.337. The van der Waals surface area contributed by atoms with E-state index in [2.05, 4.69) is 5.10 Å². The summed E-state index contributed by atoms with van der Waals surface area (Å²) in [5.74, 6) is -1.26. The zero-order chi connectivity index (χ0) is 13.8. The van der Waals surface area contributed by atoms with Gasteiger partial charge in [-0.3, -0.25) is 0 Å². The molecule has 6 heteroatoms. The second-order valence-corrected chi connectivity index (χ2v) is 4.11. The first kappa shape index (κ1) is 12.9. The minimum Gasteiger partial charge on any atom is -0.477 e. The predicted molar refractivity (Wildman–Crippen MR) is 69.8 cm³/mol. The molecule has 1 N–H and O–H groups in total. The summed E-state index contributed by atoms with van der Waals surface area (Å²) in [4.78, 5) is 10.7. The van der Waals surface area contributed by atoms with Crippen molar-refractivity contribution in [2.24, 2.45) is 0 Å². The molecule has 0 saturated carbocycles. The third kappa shape index (κ3) is 3.00. The van der Waals surface area contributed by atoms with Gasteiger partial charge in [-0.2, -0.15) is 10.4 Å². The van der Waals surface area contributed by atoms with Crippen LogP contribution in [0.2, 0.25) is 5.02 Å². The maximum atomic E-state index is 10.7. The molecule has 19 heavy (non-hydrogen) atoms. The summed E-state index contributed by atoms with van der Waals surface area (Å²) in [5.41, 5.74) is 0.988. The first-order chi connectivity index (χ1) is 9.10. The van der Waals surface area contributed by atoms with Crippen LogP contribution in [0.5, 0.6) is 0 Å². The van der Waals surface area contributed by atoms with Crippen LogP contribution < -0.4 is 0 Å². The average Bonchev–Trinajstić information content (AvgIpc) is 2.85. The maximum Gasteiger partial charge on any atom is 0.346 e. The van der Waals surface area contributed by atoms with Gasteiger partial charge in [0.1, 0.15) is 11.6 Å². The van der Waals surface area contributed by atoms with E-state index in [4.69, 9.17) is 22.0 Å². The summed E-state index contributed by atoms with van der Waals surface area (Å²) < 4.78 is 1.57. The monoisotopic (exact) mass is 273 g/mol. The zero-order valence-corrected chi connectivity index (χ0v) is 10.4. The first-order valence-electron chi connectivity index (χ1n) is 5.26. The Kier molecular flexibility index (Phi) is 3.64. The van der Waals surface area contributed by atoms with E-state index >= 15 is 0 Å². The van der Waals surface area contributed by atoms with Gasteiger partial charge in [0.2, 0.25) is 0 Å². The summed E-state index contributed by atoms with van der Waals surface area (Å²) in [5, 5.41) is 22.1. The molecule has 0 fully saturated rings. The van der Waals surface area contributed by atoms with Crippen molar-refractivity contribution < 1.29 is 9.90 Å². The van der Waals surface area contributed by atoms with Gasteiger partial charge in [0.25, 0.3) is 0 Å². The number of halogens is 1. The summed E-state index contributed by atoms with van der Waals surface area (Å²) in [6, 6.07) is 8.64. The topological polar surface area (TPSA) is 78.9 Å². The van der Waals surface area contributed by atoms with Crippen LogP contribution in [0.15, 0.2) is 42.2 Å². The van der Waals surface area contributed by atoms with Crippen LogP contribution in [-0.2, 0) is 4.79 Å².